The van der Waals surface area contributed by atoms with Crippen molar-refractivity contribution >= 4 is 5.97 Å². The van der Waals surface area contributed by atoms with Crippen LogP contribution >= 0.6 is 0 Å². The summed E-state index contributed by atoms with van der Waals surface area (Å²) in [6, 6.07) is 0. The van der Waals surface area contributed by atoms with Crippen molar-refractivity contribution in [2.24, 2.45) is 17.1 Å². The van der Waals surface area contributed by atoms with Crippen LogP contribution in [0.15, 0.2) is 0 Å². The fourth-order valence-corrected chi connectivity index (χ4v) is 2.18. The van der Waals surface area contributed by atoms with Crippen molar-refractivity contribution in [3.63, 3.8) is 0 Å². The van der Waals surface area contributed by atoms with E-state index < -0.39 is 11.5 Å². The molecule has 1 saturated carbocycles. The molecule has 1 aliphatic rings. The van der Waals surface area contributed by atoms with Crippen molar-refractivity contribution in [1.82, 2.24) is 0 Å². The van der Waals surface area contributed by atoms with E-state index in [-0.39, 0.29) is 11.3 Å². The first-order chi connectivity index (χ1) is 5.32. The average molecular weight is 171 g/mol. The maximum Gasteiger partial charge on any atom is 0.324 e. The lowest BCUT2D eigenvalue weighted by molar-refractivity contribution is -0.148. The summed E-state index contributed by atoms with van der Waals surface area (Å²) in [6.45, 7) is 5.79. The van der Waals surface area contributed by atoms with Gasteiger partial charge in [-0.25, -0.2) is 0 Å². The van der Waals surface area contributed by atoms with Gasteiger partial charge in [0.2, 0.25) is 0 Å². The van der Waals surface area contributed by atoms with Crippen molar-refractivity contribution in [2.75, 3.05) is 0 Å². The van der Waals surface area contributed by atoms with Crippen LogP contribution in [0.1, 0.15) is 33.6 Å². The van der Waals surface area contributed by atoms with Gasteiger partial charge >= 0.3 is 5.97 Å². The molecule has 0 saturated heterocycles. The van der Waals surface area contributed by atoms with Gasteiger partial charge in [-0.1, -0.05) is 20.8 Å². The standard InChI is InChI=1S/C9H17NO2/c1-6-4-5-8(2,3)9(6,10)7(11)12/h6H,4-5,10H2,1-3H3,(H,11,12). The molecule has 70 valence electrons. The molecular formula is C9H17NO2. The van der Waals surface area contributed by atoms with Gasteiger partial charge in [-0.15, -0.1) is 0 Å². The van der Waals surface area contributed by atoms with Gasteiger partial charge in [-0.3, -0.25) is 4.79 Å². The minimum atomic E-state index is -1.03. The largest absolute Gasteiger partial charge is 0.480 e. The monoisotopic (exact) mass is 171 g/mol. The molecule has 0 aromatic carbocycles. The Bertz CT molecular complexity index is 213. The Kier molecular flexibility index (Phi) is 1.95. The predicted octanol–water partition coefficient (Wildman–Crippen LogP) is 1.22. The highest BCUT2D eigenvalue weighted by atomic mass is 16.4. The molecule has 3 heteroatoms. The number of carboxylic acids is 1. The second-order valence-corrected chi connectivity index (χ2v) is 4.50. The summed E-state index contributed by atoms with van der Waals surface area (Å²) in [5.74, 6) is -0.789. The number of carbonyl (C=O) groups is 1. The molecule has 1 rings (SSSR count). The third-order valence-electron chi connectivity index (χ3n) is 3.45. The van der Waals surface area contributed by atoms with E-state index in [9.17, 15) is 4.79 Å². The van der Waals surface area contributed by atoms with E-state index in [1.807, 2.05) is 20.8 Å². The zero-order valence-corrected chi connectivity index (χ0v) is 7.92. The van der Waals surface area contributed by atoms with Crippen molar-refractivity contribution in [3.05, 3.63) is 0 Å². The van der Waals surface area contributed by atoms with Crippen LogP contribution in [0.4, 0.5) is 0 Å². The van der Waals surface area contributed by atoms with E-state index in [1.165, 1.54) is 0 Å². The maximum atomic E-state index is 11.0. The summed E-state index contributed by atoms with van der Waals surface area (Å²) in [5.41, 5.74) is 4.61. The van der Waals surface area contributed by atoms with Gasteiger partial charge in [0, 0.05) is 0 Å². The Morgan fingerprint density at radius 2 is 2.08 bits per heavy atom. The summed E-state index contributed by atoms with van der Waals surface area (Å²) in [7, 11) is 0. The molecule has 3 N–H and O–H groups in total. The number of nitrogens with two attached hydrogens (primary N) is 1. The highest BCUT2D eigenvalue weighted by Gasteiger charge is 2.56. The second kappa shape index (κ2) is 2.46. The average Bonchev–Trinajstić information content (AvgIpc) is 2.15. The minimum Gasteiger partial charge on any atom is -0.480 e. The molecule has 0 aromatic rings. The van der Waals surface area contributed by atoms with E-state index in [2.05, 4.69) is 0 Å². The molecule has 1 fully saturated rings. The van der Waals surface area contributed by atoms with Gasteiger partial charge in [0.25, 0.3) is 0 Å². The lowest BCUT2D eigenvalue weighted by Gasteiger charge is -2.36. The minimum absolute atomic E-state index is 0.0741. The topological polar surface area (TPSA) is 63.3 Å². The summed E-state index contributed by atoms with van der Waals surface area (Å²) in [6.07, 6.45) is 1.81. The molecule has 0 amide bonds. The zero-order chi connectivity index (χ0) is 9.57. The zero-order valence-electron chi connectivity index (χ0n) is 7.92. The van der Waals surface area contributed by atoms with E-state index in [0.29, 0.717) is 0 Å². The number of hydrogen-bond acceptors (Lipinski definition) is 2. The molecule has 3 nitrogen and oxygen atoms in total. The lowest BCUT2D eigenvalue weighted by atomic mass is 9.72. The second-order valence-electron chi connectivity index (χ2n) is 4.50. The molecule has 1 aliphatic carbocycles. The van der Waals surface area contributed by atoms with E-state index in [4.69, 9.17) is 10.8 Å². The SMILES string of the molecule is CC1CCC(C)(C)C1(N)C(=O)O. The van der Waals surface area contributed by atoms with Gasteiger partial charge in [-0.2, -0.15) is 0 Å². The van der Waals surface area contributed by atoms with Crippen molar-refractivity contribution in [3.8, 4) is 0 Å². The number of rotatable bonds is 1. The molecular weight excluding hydrogens is 154 g/mol. The third kappa shape index (κ3) is 0.959. The van der Waals surface area contributed by atoms with Crippen LogP contribution in [0.5, 0.6) is 0 Å². The molecule has 12 heavy (non-hydrogen) atoms. The van der Waals surface area contributed by atoms with E-state index >= 15 is 0 Å². The fraction of sp³-hybridized carbons (Fsp3) is 0.889. The Hall–Kier alpha value is -0.570. The normalized spacial score (nSPS) is 39.8. The summed E-state index contributed by atoms with van der Waals surface area (Å²) in [5, 5.41) is 9.05. The first kappa shape index (κ1) is 9.52. The molecule has 0 spiro atoms. The van der Waals surface area contributed by atoms with Crippen molar-refractivity contribution < 1.29 is 9.90 Å². The van der Waals surface area contributed by atoms with Crippen LogP contribution < -0.4 is 5.73 Å². The van der Waals surface area contributed by atoms with Crippen LogP contribution in [0.2, 0.25) is 0 Å². The number of hydrogen-bond donors (Lipinski definition) is 2. The molecule has 0 aromatic heterocycles. The molecule has 2 unspecified atom stereocenters. The molecule has 0 heterocycles. The molecule has 0 bridgehead atoms. The highest BCUT2D eigenvalue weighted by Crippen LogP contribution is 2.47. The Morgan fingerprint density at radius 3 is 2.25 bits per heavy atom. The summed E-state index contributed by atoms with van der Waals surface area (Å²) < 4.78 is 0. The molecule has 0 radical (unpaired) electrons. The van der Waals surface area contributed by atoms with E-state index in [0.717, 1.165) is 12.8 Å². The maximum absolute atomic E-state index is 11.0. The predicted molar refractivity (Wildman–Crippen MR) is 46.7 cm³/mol. The van der Waals surface area contributed by atoms with Crippen LogP contribution in [0.3, 0.4) is 0 Å². The van der Waals surface area contributed by atoms with Gasteiger partial charge in [-0.05, 0) is 24.2 Å². The lowest BCUT2D eigenvalue weighted by Crippen LogP contribution is -2.59. The molecule has 0 aliphatic heterocycles. The first-order valence-corrected chi connectivity index (χ1v) is 4.34. The highest BCUT2D eigenvalue weighted by molar-refractivity contribution is 5.80. The van der Waals surface area contributed by atoms with Crippen LogP contribution in [0, 0.1) is 11.3 Å². The van der Waals surface area contributed by atoms with Gasteiger partial charge in [0.15, 0.2) is 0 Å². The smallest absolute Gasteiger partial charge is 0.324 e. The molecule has 2 atom stereocenters. The fourth-order valence-electron chi connectivity index (χ4n) is 2.18. The van der Waals surface area contributed by atoms with Crippen LogP contribution in [-0.4, -0.2) is 16.6 Å². The Labute approximate surface area is 72.9 Å². The van der Waals surface area contributed by atoms with Crippen LogP contribution in [-0.2, 0) is 4.79 Å². The van der Waals surface area contributed by atoms with E-state index in [1.54, 1.807) is 0 Å². The Balaban J connectivity index is 3.06. The van der Waals surface area contributed by atoms with Crippen molar-refractivity contribution in [2.45, 2.75) is 39.2 Å². The van der Waals surface area contributed by atoms with Gasteiger partial charge < -0.3 is 10.8 Å². The van der Waals surface area contributed by atoms with Crippen molar-refractivity contribution in [1.29, 1.82) is 0 Å². The summed E-state index contributed by atoms with van der Waals surface area (Å²) >= 11 is 0. The number of aliphatic carboxylic acids is 1. The van der Waals surface area contributed by atoms with Gasteiger partial charge in [0.05, 0.1) is 0 Å². The Morgan fingerprint density at radius 1 is 1.58 bits per heavy atom. The first-order valence-electron chi connectivity index (χ1n) is 4.34. The summed E-state index contributed by atoms with van der Waals surface area (Å²) in [4.78, 5) is 11.0. The van der Waals surface area contributed by atoms with Crippen LogP contribution in [0.25, 0.3) is 0 Å². The quantitative estimate of drug-likeness (QED) is 0.623. The number of carboxylic acid groups (broad SMARTS) is 1. The third-order valence-corrected chi connectivity index (χ3v) is 3.45. The van der Waals surface area contributed by atoms with Gasteiger partial charge in [0.1, 0.15) is 5.54 Å².